The summed E-state index contributed by atoms with van der Waals surface area (Å²) in [7, 11) is 1.73. The van der Waals surface area contributed by atoms with Crippen LogP contribution in [0.5, 0.6) is 0 Å². The zero-order chi connectivity index (χ0) is 14.3. The fourth-order valence-corrected chi connectivity index (χ4v) is 3.64. The van der Waals surface area contributed by atoms with Crippen molar-refractivity contribution in [2.24, 2.45) is 5.92 Å². The van der Waals surface area contributed by atoms with Crippen LogP contribution in [-0.2, 0) is 9.53 Å². The molecular weight excluding hydrogens is 288 g/mol. The van der Waals surface area contributed by atoms with Crippen LogP contribution in [0.1, 0.15) is 57.8 Å². The zero-order valence-electron chi connectivity index (χ0n) is 13.3. The molecule has 0 bridgehead atoms. The number of carbonyl (C=O) groups is 1. The molecule has 1 atom stereocenters. The van der Waals surface area contributed by atoms with Crippen molar-refractivity contribution in [2.45, 2.75) is 63.3 Å². The molecule has 2 fully saturated rings. The third-order valence-corrected chi connectivity index (χ3v) is 4.88. The first-order chi connectivity index (χ1) is 9.74. The van der Waals surface area contributed by atoms with Gasteiger partial charge in [-0.15, -0.1) is 12.4 Å². The molecule has 124 valence electrons. The molecule has 1 unspecified atom stereocenters. The van der Waals surface area contributed by atoms with Crippen LogP contribution < -0.4 is 10.6 Å². The second-order valence-corrected chi connectivity index (χ2v) is 6.56. The monoisotopic (exact) mass is 318 g/mol. The number of nitrogens with one attached hydrogen (secondary N) is 2. The second kappa shape index (κ2) is 9.65. The van der Waals surface area contributed by atoms with Gasteiger partial charge < -0.3 is 15.4 Å². The molecule has 1 aliphatic heterocycles. The van der Waals surface area contributed by atoms with Crippen molar-refractivity contribution in [2.75, 3.05) is 26.8 Å². The summed E-state index contributed by atoms with van der Waals surface area (Å²) in [4.78, 5) is 12.0. The predicted octanol–water partition coefficient (Wildman–Crippen LogP) is 2.65. The highest BCUT2D eigenvalue weighted by Crippen LogP contribution is 2.27. The maximum atomic E-state index is 12.0. The van der Waals surface area contributed by atoms with Crippen molar-refractivity contribution in [1.82, 2.24) is 10.6 Å². The zero-order valence-corrected chi connectivity index (χ0v) is 14.1. The number of ether oxygens (including phenoxy) is 1. The Kier molecular flexibility index (Phi) is 8.60. The highest BCUT2D eigenvalue weighted by Gasteiger charge is 2.33. The molecule has 0 aromatic rings. The number of hydrogen-bond acceptors (Lipinski definition) is 3. The third-order valence-electron chi connectivity index (χ3n) is 4.88. The minimum Gasteiger partial charge on any atom is -0.383 e. The van der Waals surface area contributed by atoms with Crippen molar-refractivity contribution in [3.8, 4) is 0 Å². The molecule has 0 radical (unpaired) electrons. The van der Waals surface area contributed by atoms with Crippen molar-refractivity contribution in [1.29, 1.82) is 0 Å². The minimum absolute atomic E-state index is 0. The number of amides is 1. The predicted molar refractivity (Wildman–Crippen MR) is 87.9 cm³/mol. The molecule has 2 aliphatic rings. The number of halogens is 1. The lowest BCUT2D eigenvalue weighted by molar-refractivity contribution is -0.121. The van der Waals surface area contributed by atoms with Crippen LogP contribution in [0.3, 0.4) is 0 Å². The molecule has 0 aromatic carbocycles. The first kappa shape index (κ1) is 18.7. The number of methoxy groups -OCH3 is 1. The Labute approximate surface area is 135 Å². The third kappa shape index (κ3) is 6.13. The van der Waals surface area contributed by atoms with E-state index in [4.69, 9.17) is 4.74 Å². The van der Waals surface area contributed by atoms with Gasteiger partial charge in [0.15, 0.2) is 0 Å². The van der Waals surface area contributed by atoms with Gasteiger partial charge in [0.05, 0.1) is 12.1 Å². The summed E-state index contributed by atoms with van der Waals surface area (Å²) in [5.41, 5.74) is -0.0325. The summed E-state index contributed by atoms with van der Waals surface area (Å²) in [5, 5.41) is 6.60. The van der Waals surface area contributed by atoms with E-state index in [0.29, 0.717) is 19.6 Å². The first-order valence-electron chi connectivity index (χ1n) is 8.25. The van der Waals surface area contributed by atoms with Gasteiger partial charge in [-0.3, -0.25) is 4.79 Å². The average Bonchev–Trinajstić information content (AvgIpc) is 2.93. The summed E-state index contributed by atoms with van der Waals surface area (Å²) in [6, 6.07) is 0. The van der Waals surface area contributed by atoms with E-state index >= 15 is 0 Å². The van der Waals surface area contributed by atoms with Crippen molar-refractivity contribution in [3.63, 3.8) is 0 Å². The van der Waals surface area contributed by atoms with Crippen molar-refractivity contribution in [3.05, 3.63) is 0 Å². The molecule has 1 saturated carbocycles. The van der Waals surface area contributed by atoms with Gasteiger partial charge >= 0.3 is 0 Å². The van der Waals surface area contributed by atoms with Crippen LogP contribution in [0.4, 0.5) is 0 Å². The molecule has 1 heterocycles. The van der Waals surface area contributed by atoms with Crippen LogP contribution >= 0.6 is 12.4 Å². The van der Waals surface area contributed by atoms with Crippen LogP contribution in [0.25, 0.3) is 0 Å². The van der Waals surface area contributed by atoms with Crippen LogP contribution in [0.2, 0.25) is 0 Å². The lowest BCUT2D eigenvalue weighted by atomic mass is 9.86. The van der Waals surface area contributed by atoms with Gasteiger partial charge in [0.1, 0.15) is 0 Å². The molecule has 0 aromatic heterocycles. The second-order valence-electron chi connectivity index (χ2n) is 6.56. The normalized spacial score (nSPS) is 26.3. The molecule has 2 N–H and O–H groups in total. The van der Waals surface area contributed by atoms with E-state index in [1.807, 2.05) is 0 Å². The molecule has 5 heteroatoms. The van der Waals surface area contributed by atoms with Crippen LogP contribution in [0, 0.1) is 5.92 Å². The van der Waals surface area contributed by atoms with Crippen molar-refractivity contribution >= 4 is 18.3 Å². The molecular formula is C16H31ClN2O2. The van der Waals surface area contributed by atoms with E-state index in [-0.39, 0.29) is 23.9 Å². The Balaban J connectivity index is 0.00000220. The Hall–Kier alpha value is -0.320. The van der Waals surface area contributed by atoms with E-state index in [1.165, 1.54) is 38.5 Å². The summed E-state index contributed by atoms with van der Waals surface area (Å²) in [5.74, 6) is 0.992. The fraction of sp³-hybridized carbons (Fsp3) is 0.938. The molecule has 4 nitrogen and oxygen atoms in total. The maximum Gasteiger partial charge on any atom is 0.220 e. The maximum absolute atomic E-state index is 12.0. The smallest absolute Gasteiger partial charge is 0.220 e. The molecule has 1 amide bonds. The van der Waals surface area contributed by atoms with E-state index in [9.17, 15) is 4.79 Å². The SMILES string of the molecule is COCC1(CNC(=O)CCC2CCCCC2)CCCN1.Cl. The Morgan fingerprint density at radius 2 is 2.05 bits per heavy atom. The standard InChI is InChI=1S/C16H30N2O2.ClH/c1-20-13-16(10-5-11-18-16)12-17-15(19)9-8-14-6-3-2-4-7-14;/h14,18H,2-13H2,1H3,(H,17,19);1H. The van der Waals surface area contributed by atoms with Gasteiger partial charge in [-0.1, -0.05) is 32.1 Å². The molecule has 21 heavy (non-hydrogen) atoms. The van der Waals surface area contributed by atoms with Gasteiger partial charge in [-0.05, 0) is 31.7 Å². The Morgan fingerprint density at radius 1 is 1.29 bits per heavy atom. The van der Waals surface area contributed by atoms with Gasteiger partial charge in [-0.2, -0.15) is 0 Å². The summed E-state index contributed by atoms with van der Waals surface area (Å²) in [6.45, 7) is 2.40. The fourth-order valence-electron chi connectivity index (χ4n) is 3.64. The Morgan fingerprint density at radius 3 is 2.67 bits per heavy atom. The van der Waals surface area contributed by atoms with Crippen molar-refractivity contribution < 1.29 is 9.53 Å². The number of rotatable bonds is 7. The van der Waals surface area contributed by atoms with Gasteiger partial charge in [0.2, 0.25) is 5.91 Å². The van der Waals surface area contributed by atoms with E-state index in [2.05, 4.69) is 10.6 Å². The summed E-state index contributed by atoms with van der Waals surface area (Å²) in [6.07, 6.45) is 10.7. The summed E-state index contributed by atoms with van der Waals surface area (Å²) >= 11 is 0. The molecule has 2 rings (SSSR count). The Bertz CT molecular complexity index is 301. The minimum atomic E-state index is -0.0325. The number of hydrogen-bond donors (Lipinski definition) is 2. The molecule has 1 saturated heterocycles. The van der Waals surface area contributed by atoms with E-state index in [1.54, 1.807) is 7.11 Å². The highest BCUT2D eigenvalue weighted by atomic mass is 35.5. The highest BCUT2D eigenvalue weighted by molar-refractivity contribution is 5.85. The van der Waals surface area contributed by atoms with Gasteiger partial charge in [-0.25, -0.2) is 0 Å². The van der Waals surface area contributed by atoms with Crippen LogP contribution in [0.15, 0.2) is 0 Å². The summed E-state index contributed by atoms with van der Waals surface area (Å²) < 4.78 is 5.30. The lowest BCUT2D eigenvalue weighted by Gasteiger charge is -2.29. The quantitative estimate of drug-likeness (QED) is 0.758. The van der Waals surface area contributed by atoms with Crippen LogP contribution in [-0.4, -0.2) is 38.3 Å². The van der Waals surface area contributed by atoms with E-state index in [0.717, 1.165) is 25.3 Å². The lowest BCUT2D eigenvalue weighted by Crippen LogP contribution is -2.53. The molecule has 1 aliphatic carbocycles. The number of carbonyl (C=O) groups excluding carboxylic acids is 1. The topological polar surface area (TPSA) is 50.4 Å². The first-order valence-corrected chi connectivity index (χ1v) is 8.25. The average molecular weight is 319 g/mol. The van der Waals surface area contributed by atoms with Gasteiger partial charge in [0, 0.05) is 20.1 Å². The van der Waals surface area contributed by atoms with Gasteiger partial charge in [0.25, 0.3) is 0 Å². The van der Waals surface area contributed by atoms with E-state index < -0.39 is 0 Å². The molecule has 0 spiro atoms. The largest absolute Gasteiger partial charge is 0.383 e.